The monoisotopic (exact) mass is 298 g/mol. The summed E-state index contributed by atoms with van der Waals surface area (Å²) in [5.41, 5.74) is 7.60. The van der Waals surface area contributed by atoms with Crippen LogP contribution in [0.3, 0.4) is 0 Å². The number of sulfone groups is 1. The van der Waals surface area contributed by atoms with Gasteiger partial charge in [-0.05, 0) is 38.0 Å². The Morgan fingerprint density at radius 1 is 1.40 bits per heavy atom. The van der Waals surface area contributed by atoms with Gasteiger partial charge in [0.25, 0.3) is 0 Å². The van der Waals surface area contributed by atoms with Gasteiger partial charge in [0.05, 0.1) is 5.75 Å². The second-order valence-corrected chi connectivity index (χ2v) is 7.31. The molecule has 1 aromatic carbocycles. The van der Waals surface area contributed by atoms with Crippen LogP contribution in [0.5, 0.6) is 0 Å². The van der Waals surface area contributed by atoms with Crippen molar-refractivity contribution in [3.63, 3.8) is 0 Å². The number of nitrogens with one attached hydrogen (secondary N) is 1. The summed E-state index contributed by atoms with van der Waals surface area (Å²) in [6.45, 7) is 5.11. The Bertz CT molecular complexity index is 582. The highest BCUT2D eigenvalue weighted by Gasteiger charge is 2.27. The van der Waals surface area contributed by atoms with Crippen LogP contribution >= 0.6 is 0 Å². The maximum atomic E-state index is 12.1. The molecule has 0 spiro atoms. The van der Waals surface area contributed by atoms with Gasteiger partial charge in [0, 0.05) is 11.4 Å². The number of nitrogens with two attached hydrogens (primary N) is 1. The minimum Gasteiger partial charge on any atom is -0.398 e. The van der Waals surface area contributed by atoms with E-state index in [2.05, 4.69) is 5.32 Å². The van der Waals surface area contributed by atoms with E-state index in [9.17, 15) is 13.2 Å². The molecule has 20 heavy (non-hydrogen) atoms. The summed E-state index contributed by atoms with van der Waals surface area (Å²) in [4.78, 5) is 12.1. The highest BCUT2D eigenvalue weighted by atomic mass is 32.2. The smallest absolute Gasteiger partial charge is 0.242 e. The molecule has 1 amide bonds. The van der Waals surface area contributed by atoms with Crippen molar-refractivity contribution in [2.75, 3.05) is 16.8 Å². The molecule has 1 unspecified atom stereocenters. The number of carbonyl (C=O) groups is 1. The standard InChI is InChI=1S/C14H22N2O3S/c1-4-5-9-20(18,19)11(3)14(17)16-13-8-6-7-12(15)10(13)2/h6-8,11H,4-5,9,15H2,1-3H3,(H,16,17). The van der Waals surface area contributed by atoms with Crippen molar-refractivity contribution in [1.29, 1.82) is 0 Å². The summed E-state index contributed by atoms with van der Waals surface area (Å²) < 4.78 is 24.0. The average molecular weight is 298 g/mol. The molecule has 0 saturated carbocycles. The highest BCUT2D eigenvalue weighted by molar-refractivity contribution is 7.92. The summed E-state index contributed by atoms with van der Waals surface area (Å²) in [6.07, 6.45) is 1.35. The van der Waals surface area contributed by atoms with E-state index in [0.717, 1.165) is 12.0 Å². The third-order valence-corrected chi connectivity index (χ3v) is 5.47. The van der Waals surface area contributed by atoms with Crippen molar-refractivity contribution >= 4 is 27.1 Å². The number of unbranched alkanes of at least 4 members (excludes halogenated alkanes) is 1. The van der Waals surface area contributed by atoms with Crippen molar-refractivity contribution in [2.45, 2.75) is 38.9 Å². The van der Waals surface area contributed by atoms with Crippen molar-refractivity contribution in [3.05, 3.63) is 23.8 Å². The first-order valence-corrected chi connectivity index (χ1v) is 8.38. The van der Waals surface area contributed by atoms with Crippen LogP contribution in [0.4, 0.5) is 11.4 Å². The molecule has 0 aliphatic carbocycles. The normalized spacial score (nSPS) is 12.9. The van der Waals surface area contributed by atoms with Gasteiger partial charge in [-0.15, -0.1) is 0 Å². The molecule has 0 bridgehead atoms. The van der Waals surface area contributed by atoms with Crippen LogP contribution in [-0.4, -0.2) is 25.3 Å². The Balaban J connectivity index is 2.83. The van der Waals surface area contributed by atoms with E-state index in [1.165, 1.54) is 6.92 Å². The number of carbonyl (C=O) groups excluding carboxylic acids is 1. The number of amides is 1. The fraction of sp³-hybridized carbons (Fsp3) is 0.500. The Labute approximate surface area is 120 Å². The lowest BCUT2D eigenvalue weighted by Crippen LogP contribution is -2.34. The number of anilines is 2. The zero-order valence-electron chi connectivity index (χ0n) is 12.1. The van der Waals surface area contributed by atoms with Crippen LogP contribution in [0.2, 0.25) is 0 Å². The zero-order valence-corrected chi connectivity index (χ0v) is 13.0. The summed E-state index contributed by atoms with van der Waals surface area (Å²) in [6, 6.07) is 5.15. The summed E-state index contributed by atoms with van der Waals surface area (Å²) in [7, 11) is -3.41. The third-order valence-electron chi connectivity index (χ3n) is 3.32. The molecule has 0 aliphatic rings. The first kappa shape index (κ1) is 16.5. The number of nitrogen functional groups attached to an aromatic ring is 1. The van der Waals surface area contributed by atoms with Gasteiger partial charge in [0.1, 0.15) is 5.25 Å². The van der Waals surface area contributed by atoms with Crippen molar-refractivity contribution in [1.82, 2.24) is 0 Å². The van der Waals surface area contributed by atoms with Gasteiger partial charge in [0.2, 0.25) is 5.91 Å². The van der Waals surface area contributed by atoms with Crippen molar-refractivity contribution < 1.29 is 13.2 Å². The summed E-state index contributed by atoms with van der Waals surface area (Å²) in [5, 5.41) is 1.57. The van der Waals surface area contributed by atoms with E-state index in [4.69, 9.17) is 5.73 Å². The quantitative estimate of drug-likeness (QED) is 0.787. The third kappa shape index (κ3) is 3.96. The molecule has 5 nitrogen and oxygen atoms in total. The summed E-state index contributed by atoms with van der Waals surface area (Å²) in [5.74, 6) is -0.483. The van der Waals surface area contributed by atoms with Crippen LogP contribution in [-0.2, 0) is 14.6 Å². The maximum absolute atomic E-state index is 12.1. The SMILES string of the molecule is CCCCS(=O)(=O)C(C)C(=O)Nc1cccc(N)c1C. The second kappa shape index (κ2) is 6.74. The molecule has 0 fully saturated rings. The predicted molar refractivity (Wildman–Crippen MR) is 82.4 cm³/mol. The molecule has 6 heteroatoms. The topological polar surface area (TPSA) is 89.3 Å². The van der Waals surface area contributed by atoms with Gasteiger partial charge >= 0.3 is 0 Å². The fourth-order valence-electron chi connectivity index (χ4n) is 1.71. The maximum Gasteiger partial charge on any atom is 0.242 e. The highest BCUT2D eigenvalue weighted by Crippen LogP contribution is 2.21. The predicted octanol–water partition coefficient (Wildman–Crippen LogP) is 2.12. The molecular weight excluding hydrogens is 276 g/mol. The molecule has 0 aliphatic heterocycles. The number of hydrogen-bond donors (Lipinski definition) is 2. The van der Waals surface area contributed by atoms with E-state index < -0.39 is 21.0 Å². The minimum absolute atomic E-state index is 0.0357. The molecule has 1 aromatic rings. The van der Waals surface area contributed by atoms with E-state index in [1.54, 1.807) is 25.1 Å². The Morgan fingerprint density at radius 2 is 2.05 bits per heavy atom. The molecular formula is C14H22N2O3S. The molecule has 0 aromatic heterocycles. The van der Waals surface area contributed by atoms with Crippen LogP contribution < -0.4 is 11.1 Å². The van der Waals surface area contributed by atoms with Gasteiger partial charge in [-0.1, -0.05) is 19.4 Å². The zero-order chi connectivity index (χ0) is 15.3. The van der Waals surface area contributed by atoms with Crippen LogP contribution in [0.1, 0.15) is 32.3 Å². The average Bonchev–Trinajstić information content (AvgIpc) is 2.40. The Kier molecular flexibility index (Phi) is 5.56. The lowest BCUT2D eigenvalue weighted by molar-refractivity contribution is -0.115. The van der Waals surface area contributed by atoms with E-state index in [0.29, 0.717) is 17.8 Å². The van der Waals surface area contributed by atoms with Crippen molar-refractivity contribution in [3.8, 4) is 0 Å². The Morgan fingerprint density at radius 3 is 2.65 bits per heavy atom. The fourth-order valence-corrected chi connectivity index (χ4v) is 3.14. The van der Waals surface area contributed by atoms with Crippen molar-refractivity contribution in [2.24, 2.45) is 0 Å². The Hall–Kier alpha value is -1.56. The van der Waals surface area contributed by atoms with E-state index in [-0.39, 0.29) is 5.75 Å². The van der Waals surface area contributed by atoms with Crippen LogP contribution in [0.25, 0.3) is 0 Å². The van der Waals surface area contributed by atoms with E-state index in [1.807, 2.05) is 6.92 Å². The first-order chi connectivity index (χ1) is 9.29. The summed E-state index contributed by atoms with van der Waals surface area (Å²) >= 11 is 0. The minimum atomic E-state index is -3.41. The van der Waals surface area contributed by atoms with Gasteiger partial charge in [0.15, 0.2) is 9.84 Å². The van der Waals surface area contributed by atoms with E-state index >= 15 is 0 Å². The molecule has 1 atom stereocenters. The molecule has 3 N–H and O–H groups in total. The number of rotatable bonds is 6. The van der Waals surface area contributed by atoms with Gasteiger partial charge in [-0.2, -0.15) is 0 Å². The van der Waals surface area contributed by atoms with Crippen LogP contribution in [0, 0.1) is 6.92 Å². The second-order valence-electron chi connectivity index (χ2n) is 4.87. The molecule has 0 saturated heterocycles. The van der Waals surface area contributed by atoms with Gasteiger partial charge in [-0.3, -0.25) is 4.79 Å². The first-order valence-electron chi connectivity index (χ1n) is 6.67. The lowest BCUT2D eigenvalue weighted by Gasteiger charge is -2.15. The molecule has 0 heterocycles. The molecule has 0 radical (unpaired) electrons. The number of hydrogen-bond acceptors (Lipinski definition) is 4. The molecule has 1 rings (SSSR count). The van der Waals surface area contributed by atoms with Gasteiger partial charge < -0.3 is 11.1 Å². The largest absolute Gasteiger partial charge is 0.398 e. The molecule has 112 valence electrons. The lowest BCUT2D eigenvalue weighted by atomic mass is 10.1. The van der Waals surface area contributed by atoms with Gasteiger partial charge in [-0.25, -0.2) is 8.42 Å². The number of benzene rings is 1. The van der Waals surface area contributed by atoms with Crippen LogP contribution in [0.15, 0.2) is 18.2 Å².